The van der Waals surface area contributed by atoms with Gasteiger partial charge in [-0.2, -0.15) is 0 Å². The van der Waals surface area contributed by atoms with Gasteiger partial charge in [-0.1, -0.05) is 0 Å². The molecule has 1 aliphatic rings. The van der Waals surface area contributed by atoms with Crippen molar-refractivity contribution in [3.05, 3.63) is 17.7 Å². The zero-order valence-corrected chi connectivity index (χ0v) is 10.4. The zero-order valence-electron chi connectivity index (χ0n) is 10.4. The van der Waals surface area contributed by atoms with E-state index in [0.29, 0.717) is 6.42 Å². The van der Waals surface area contributed by atoms with Crippen LogP contribution in [-0.4, -0.2) is 19.0 Å². The average Bonchev–Trinajstić information content (AvgIpc) is 2.31. The summed E-state index contributed by atoms with van der Waals surface area (Å²) in [6, 6.07) is 3.98. The van der Waals surface area contributed by atoms with Crippen molar-refractivity contribution in [2.45, 2.75) is 26.7 Å². The summed E-state index contributed by atoms with van der Waals surface area (Å²) in [6.45, 7) is 6.10. The third-order valence-corrected chi connectivity index (χ3v) is 3.25. The van der Waals surface area contributed by atoms with Gasteiger partial charge in [-0.05, 0) is 38.0 Å². The molecule has 1 aliphatic heterocycles. The Morgan fingerprint density at radius 1 is 1.29 bits per heavy atom. The maximum atomic E-state index is 11.3. The van der Waals surface area contributed by atoms with Gasteiger partial charge >= 0.3 is 0 Å². The Labute approximate surface area is 102 Å². The van der Waals surface area contributed by atoms with Crippen LogP contribution in [0.2, 0.25) is 0 Å². The number of nitrogen functional groups attached to an aromatic ring is 1. The summed E-state index contributed by atoms with van der Waals surface area (Å²) in [5.41, 5.74) is 9.91. The zero-order chi connectivity index (χ0) is 12.4. The lowest BCUT2D eigenvalue weighted by molar-refractivity contribution is -0.116. The quantitative estimate of drug-likeness (QED) is 0.785. The van der Waals surface area contributed by atoms with Gasteiger partial charge in [0.2, 0.25) is 5.91 Å². The third kappa shape index (κ3) is 2.20. The van der Waals surface area contributed by atoms with Crippen LogP contribution in [0.5, 0.6) is 0 Å². The summed E-state index contributed by atoms with van der Waals surface area (Å²) < 4.78 is 0. The fourth-order valence-electron chi connectivity index (χ4n) is 2.27. The number of fused-ring (bicyclic) bond motifs is 1. The largest absolute Gasteiger partial charge is 0.397 e. The van der Waals surface area contributed by atoms with Crippen molar-refractivity contribution in [3.63, 3.8) is 0 Å². The van der Waals surface area contributed by atoms with E-state index in [2.05, 4.69) is 30.1 Å². The lowest BCUT2D eigenvalue weighted by atomic mass is 10.0. The third-order valence-electron chi connectivity index (χ3n) is 3.25. The number of hydrogen-bond donors (Lipinski definition) is 2. The Balaban J connectivity index is 2.40. The van der Waals surface area contributed by atoms with E-state index in [0.717, 1.165) is 36.6 Å². The van der Waals surface area contributed by atoms with Crippen LogP contribution in [-0.2, 0) is 11.2 Å². The molecular weight excluding hydrogens is 214 g/mol. The highest BCUT2D eigenvalue weighted by Gasteiger charge is 2.18. The summed E-state index contributed by atoms with van der Waals surface area (Å²) in [5.74, 6) is 0.0764. The number of nitrogens with zero attached hydrogens (tertiary/aromatic N) is 1. The van der Waals surface area contributed by atoms with E-state index in [-0.39, 0.29) is 5.91 Å². The van der Waals surface area contributed by atoms with Crippen molar-refractivity contribution >= 4 is 23.0 Å². The molecule has 0 saturated heterocycles. The highest BCUT2D eigenvalue weighted by Crippen LogP contribution is 2.32. The van der Waals surface area contributed by atoms with E-state index in [1.165, 1.54) is 5.56 Å². The van der Waals surface area contributed by atoms with Gasteiger partial charge in [0.1, 0.15) is 0 Å². The molecule has 1 aromatic carbocycles. The Bertz CT molecular complexity index is 439. The lowest BCUT2D eigenvalue weighted by Gasteiger charge is -2.26. The molecular formula is C13H19N3O. The Morgan fingerprint density at radius 3 is 2.65 bits per heavy atom. The van der Waals surface area contributed by atoms with E-state index in [1.807, 2.05) is 6.07 Å². The van der Waals surface area contributed by atoms with Crippen LogP contribution in [0.4, 0.5) is 17.1 Å². The summed E-state index contributed by atoms with van der Waals surface area (Å²) >= 11 is 0. The smallest absolute Gasteiger partial charge is 0.224 e. The molecule has 1 amide bonds. The number of benzene rings is 1. The maximum Gasteiger partial charge on any atom is 0.224 e. The maximum absolute atomic E-state index is 11.3. The minimum Gasteiger partial charge on any atom is -0.397 e. The number of aryl methyl sites for hydroxylation is 1. The molecule has 4 heteroatoms. The van der Waals surface area contributed by atoms with Gasteiger partial charge in [0.15, 0.2) is 0 Å². The first-order valence-corrected chi connectivity index (χ1v) is 6.12. The highest BCUT2D eigenvalue weighted by atomic mass is 16.1. The summed E-state index contributed by atoms with van der Waals surface area (Å²) in [4.78, 5) is 13.5. The molecule has 92 valence electrons. The molecule has 0 unspecified atom stereocenters. The summed E-state index contributed by atoms with van der Waals surface area (Å²) in [6.07, 6.45) is 1.37. The van der Waals surface area contributed by atoms with Crippen LogP contribution in [0.25, 0.3) is 0 Å². The molecule has 3 N–H and O–H groups in total. The number of anilines is 3. The predicted molar refractivity (Wildman–Crippen MR) is 71.4 cm³/mol. The van der Waals surface area contributed by atoms with Crippen molar-refractivity contribution in [3.8, 4) is 0 Å². The first-order valence-electron chi connectivity index (χ1n) is 6.12. The van der Waals surface area contributed by atoms with E-state index >= 15 is 0 Å². The minimum absolute atomic E-state index is 0.0764. The molecule has 17 heavy (non-hydrogen) atoms. The summed E-state index contributed by atoms with van der Waals surface area (Å²) in [7, 11) is 0. The van der Waals surface area contributed by atoms with E-state index in [4.69, 9.17) is 5.73 Å². The van der Waals surface area contributed by atoms with Crippen LogP contribution in [0.1, 0.15) is 25.8 Å². The second kappa shape index (κ2) is 4.65. The van der Waals surface area contributed by atoms with Gasteiger partial charge in [-0.15, -0.1) is 0 Å². The second-order valence-corrected chi connectivity index (χ2v) is 4.29. The molecule has 0 bridgehead atoms. The Morgan fingerprint density at radius 2 is 2.00 bits per heavy atom. The molecule has 1 heterocycles. The first-order chi connectivity index (χ1) is 8.15. The topological polar surface area (TPSA) is 58.4 Å². The molecule has 0 atom stereocenters. The van der Waals surface area contributed by atoms with Crippen molar-refractivity contribution in [2.24, 2.45) is 0 Å². The van der Waals surface area contributed by atoms with Crippen LogP contribution in [0, 0.1) is 0 Å². The van der Waals surface area contributed by atoms with Gasteiger partial charge in [-0.25, -0.2) is 0 Å². The minimum atomic E-state index is 0.0764. The number of nitrogens with one attached hydrogen (secondary N) is 1. The molecule has 0 fully saturated rings. The number of nitrogens with two attached hydrogens (primary N) is 1. The van der Waals surface area contributed by atoms with Gasteiger partial charge in [0.05, 0.1) is 11.4 Å². The number of hydrogen-bond acceptors (Lipinski definition) is 3. The molecule has 0 spiro atoms. The summed E-state index contributed by atoms with van der Waals surface area (Å²) in [5, 5.41) is 2.87. The van der Waals surface area contributed by atoms with Crippen molar-refractivity contribution in [1.29, 1.82) is 0 Å². The number of carbonyl (C=O) groups is 1. The van der Waals surface area contributed by atoms with E-state index < -0.39 is 0 Å². The normalized spacial score (nSPS) is 14.1. The number of rotatable bonds is 3. The molecule has 0 aliphatic carbocycles. The SMILES string of the molecule is CCN(CC)c1cc2c(cc1N)NC(=O)CC2. The van der Waals surface area contributed by atoms with Gasteiger partial charge in [-0.3, -0.25) is 4.79 Å². The molecule has 2 rings (SSSR count). The molecule has 0 saturated carbocycles. The van der Waals surface area contributed by atoms with E-state index in [1.54, 1.807) is 0 Å². The van der Waals surface area contributed by atoms with Crippen LogP contribution >= 0.6 is 0 Å². The molecule has 0 aromatic heterocycles. The fraction of sp³-hybridized carbons (Fsp3) is 0.462. The van der Waals surface area contributed by atoms with Crippen molar-refractivity contribution in [2.75, 3.05) is 29.0 Å². The van der Waals surface area contributed by atoms with Crippen LogP contribution in [0.3, 0.4) is 0 Å². The van der Waals surface area contributed by atoms with Crippen LogP contribution < -0.4 is 16.0 Å². The first kappa shape index (κ1) is 11.8. The van der Waals surface area contributed by atoms with Gasteiger partial charge in [0, 0.05) is 25.2 Å². The van der Waals surface area contributed by atoms with Crippen molar-refractivity contribution in [1.82, 2.24) is 0 Å². The van der Waals surface area contributed by atoms with E-state index in [9.17, 15) is 4.79 Å². The predicted octanol–water partition coefficient (Wildman–Crippen LogP) is 2.00. The Hall–Kier alpha value is -1.71. The number of carbonyl (C=O) groups excluding carboxylic acids is 1. The fourth-order valence-corrected chi connectivity index (χ4v) is 2.27. The standard InChI is InChI=1S/C13H19N3O/c1-3-16(4-2)12-7-9-5-6-13(17)15-11(9)8-10(12)14/h7-8H,3-6,14H2,1-2H3,(H,15,17). The van der Waals surface area contributed by atoms with Crippen molar-refractivity contribution < 1.29 is 4.79 Å². The lowest BCUT2D eigenvalue weighted by Crippen LogP contribution is -2.25. The average molecular weight is 233 g/mol. The van der Waals surface area contributed by atoms with Crippen LogP contribution in [0.15, 0.2) is 12.1 Å². The second-order valence-electron chi connectivity index (χ2n) is 4.29. The van der Waals surface area contributed by atoms with Gasteiger partial charge < -0.3 is 16.0 Å². The van der Waals surface area contributed by atoms with Gasteiger partial charge in [0.25, 0.3) is 0 Å². The monoisotopic (exact) mass is 233 g/mol. The number of amides is 1. The molecule has 1 aromatic rings. The molecule has 4 nitrogen and oxygen atoms in total. The Kier molecular flexibility index (Phi) is 3.22. The highest BCUT2D eigenvalue weighted by molar-refractivity contribution is 5.95. The molecule has 0 radical (unpaired) electrons.